The molecule has 0 saturated heterocycles. The Bertz CT molecular complexity index is 1040. The summed E-state index contributed by atoms with van der Waals surface area (Å²) in [5.74, 6) is 1.05. The highest BCUT2D eigenvalue weighted by Gasteiger charge is 2.63. The molecule has 0 N–H and O–H groups in total. The van der Waals surface area contributed by atoms with E-state index in [1.807, 2.05) is 0 Å². The van der Waals surface area contributed by atoms with Crippen LogP contribution in [0, 0.1) is 62.1 Å². The Labute approximate surface area is 232 Å². The minimum Gasteiger partial charge on any atom is -0.469 e. The molecule has 7 atom stereocenters. The molecule has 0 aromatic rings. The summed E-state index contributed by atoms with van der Waals surface area (Å²) in [6, 6.07) is 2.25. The number of fused-ring (bicyclic) bond motifs is 1. The van der Waals surface area contributed by atoms with Gasteiger partial charge in [-0.25, -0.2) is 0 Å². The summed E-state index contributed by atoms with van der Waals surface area (Å²) in [4.78, 5) is 26.6. The average Bonchev–Trinajstić information content (AvgIpc) is 3.19. The Kier molecular flexibility index (Phi) is 8.27. The minimum absolute atomic E-state index is 0.00268. The zero-order valence-electron chi connectivity index (χ0n) is 25.9. The van der Waals surface area contributed by atoms with E-state index in [1.54, 1.807) is 0 Å². The van der Waals surface area contributed by atoms with Crippen molar-refractivity contribution < 1.29 is 14.3 Å². The van der Waals surface area contributed by atoms with Gasteiger partial charge in [0.2, 0.25) is 0 Å². The largest absolute Gasteiger partial charge is 0.469 e. The highest BCUT2D eigenvalue weighted by Crippen LogP contribution is 2.68. The zero-order chi connectivity index (χ0) is 28.9. The first kappa shape index (κ1) is 30.6. The molecular weight excluding hydrogens is 470 g/mol. The van der Waals surface area contributed by atoms with E-state index in [0.29, 0.717) is 17.4 Å². The number of allylic oxidation sites excluding steroid dienone is 3. The predicted molar refractivity (Wildman–Crippen MR) is 154 cm³/mol. The number of Topliss-reactive ketones (excluding diaryl/α,β-unsaturated/α-hetero) is 1. The zero-order valence-corrected chi connectivity index (χ0v) is 25.9. The van der Waals surface area contributed by atoms with Gasteiger partial charge in [0.25, 0.3) is 0 Å². The van der Waals surface area contributed by atoms with Crippen LogP contribution in [0.2, 0.25) is 0 Å². The van der Waals surface area contributed by atoms with Crippen molar-refractivity contribution in [2.75, 3.05) is 7.11 Å². The summed E-state index contributed by atoms with van der Waals surface area (Å²) in [5, 5.41) is 9.91. The van der Waals surface area contributed by atoms with Crippen molar-refractivity contribution in [2.24, 2.45) is 50.7 Å². The molecule has 38 heavy (non-hydrogen) atoms. The normalized spacial score (nSPS) is 38.7. The molecule has 0 spiro atoms. The molecule has 4 heteroatoms. The molecule has 0 radical (unpaired) electrons. The van der Waals surface area contributed by atoms with Crippen LogP contribution in [0.5, 0.6) is 0 Å². The summed E-state index contributed by atoms with van der Waals surface area (Å²) in [6.45, 7) is 24.5. The van der Waals surface area contributed by atoms with Crippen molar-refractivity contribution in [1.29, 1.82) is 5.26 Å². The maximum absolute atomic E-state index is 13.3. The molecule has 3 aliphatic carbocycles. The number of esters is 1. The van der Waals surface area contributed by atoms with Crippen LogP contribution < -0.4 is 0 Å². The molecule has 0 aromatic heterocycles. The molecule has 0 aliphatic heterocycles. The van der Waals surface area contributed by atoms with E-state index in [0.717, 1.165) is 51.4 Å². The third kappa shape index (κ3) is 4.41. The van der Waals surface area contributed by atoms with Gasteiger partial charge in [0.05, 0.1) is 18.1 Å². The lowest BCUT2D eigenvalue weighted by Crippen LogP contribution is -2.59. The second kappa shape index (κ2) is 10.3. The van der Waals surface area contributed by atoms with Crippen LogP contribution in [0.25, 0.3) is 0 Å². The van der Waals surface area contributed by atoms with Gasteiger partial charge >= 0.3 is 5.97 Å². The van der Waals surface area contributed by atoms with E-state index in [-0.39, 0.29) is 39.8 Å². The molecule has 0 amide bonds. The number of rotatable bonds is 8. The van der Waals surface area contributed by atoms with Gasteiger partial charge in [-0.3, -0.25) is 9.59 Å². The van der Waals surface area contributed by atoms with Gasteiger partial charge in [-0.15, -0.1) is 0 Å². The van der Waals surface area contributed by atoms with Crippen LogP contribution in [0.3, 0.4) is 0 Å². The molecule has 2 fully saturated rings. The number of carbonyl (C=O) groups is 2. The molecule has 0 unspecified atom stereocenters. The number of ether oxygens (including phenoxy) is 1. The quantitative estimate of drug-likeness (QED) is 0.236. The summed E-state index contributed by atoms with van der Waals surface area (Å²) in [7, 11) is 1.53. The van der Waals surface area contributed by atoms with Crippen LogP contribution in [0.1, 0.15) is 114 Å². The lowest BCUT2D eigenvalue weighted by atomic mass is 9.39. The second-order valence-electron chi connectivity index (χ2n) is 14.7. The SMILES string of the molecule is C=C(C)[C@@H]1CC[C@@](CCC(C)(C)[C@]2(C)CC[C@H]3C(C)(C)C(=O)C(C#N)=C[C@]3(C)[C@H]2CCC)(C(=O)OC)[C@H]1C. The molecular formula is C34H53NO3. The lowest BCUT2D eigenvalue weighted by Gasteiger charge is -2.64. The van der Waals surface area contributed by atoms with Crippen LogP contribution in [-0.2, 0) is 14.3 Å². The van der Waals surface area contributed by atoms with Crippen molar-refractivity contribution in [3.8, 4) is 6.07 Å². The van der Waals surface area contributed by atoms with Gasteiger partial charge in [-0.05, 0) is 91.8 Å². The maximum atomic E-state index is 13.3. The van der Waals surface area contributed by atoms with E-state index in [1.165, 1.54) is 12.7 Å². The minimum atomic E-state index is -0.544. The van der Waals surface area contributed by atoms with Crippen LogP contribution in [0.15, 0.2) is 23.8 Å². The van der Waals surface area contributed by atoms with Gasteiger partial charge < -0.3 is 4.74 Å². The smallest absolute Gasteiger partial charge is 0.312 e. The Balaban J connectivity index is 2.02. The maximum Gasteiger partial charge on any atom is 0.312 e. The van der Waals surface area contributed by atoms with E-state index in [4.69, 9.17) is 4.74 Å². The van der Waals surface area contributed by atoms with E-state index >= 15 is 0 Å². The van der Waals surface area contributed by atoms with E-state index in [9.17, 15) is 14.9 Å². The van der Waals surface area contributed by atoms with Crippen molar-refractivity contribution in [3.63, 3.8) is 0 Å². The van der Waals surface area contributed by atoms with Crippen LogP contribution >= 0.6 is 0 Å². The van der Waals surface area contributed by atoms with Gasteiger partial charge in [-0.1, -0.05) is 80.0 Å². The Hall–Kier alpha value is -1.89. The molecule has 3 aliphatic rings. The molecule has 0 heterocycles. The van der Waals surface area contributed by atoms with Crippen molar-refractivity contribution in [1.82, 2.24) is 0 Å². The second-order valence-corrected chi connectivity index (χ2v) is 14.7. The van der Waals surface area contributed by atoms with Gasteiger partial charge in [-0.2, -0.15) is 5.26 Å². The monoisotopic (exact) mass is 523 g/mol. The Morgan fingerprint density at radius 1 is 1.21 bits per heavy atom. The molecule has 4 nitrogen and oxygen atoms in total. The van der Waals surface area contributed by atoms with E-state index in [2.05, 4.69) is 81.0 Å². The summed E-state index contributed by atoms with van der Waals surface area (Å²) in [6.07, 6.45) is 9.80. The number of hydrogen-bond acceptors (Lipinski definition) is 4. The van der Waals surface area contributed by atoms with Gasteiger partial charge in [0, 0.05) is 5.41 Å². The summed E-state index contributed by atoms with van der Waals surface area (Å²) in [5.41, 5.74) is 0.210. The van der Waals surface area contributed by atoms with Crippen LogP contribution in [0.4, 0.5) is 0 Å². The Morgan fingerprint density at radius 2 is 1.84 bits per heavy atom. The van der Waals surface area contributed by atoms with Gasteiger partial charge in [0.1, 0.15) is 6.07 Å². The van der Waals surface area contributed by atoms with Crippen molar-refractivity contribution in [2.45, 2.75) is 114 Å². The number of hydrogen-bond donors (Lipinski definition) is 0. The third-order valence-electron chi connectivity index (χ3n) is 12.4. The molecule has 0 aromatic carbocycles. The van der Waals surface area contributed by atoms with Gasteiger partial charge in [0.15, 0.2) is 5.78 Å². The summed E-state index contributed by atoms with van der Waals surface area (Å²) < 4.78 is 5.44. The summed E-state index contributed by atoms with van der Waals surface area (Å²) >= 11 is 0. The Morgan fingerprint density at radius 3 is 2.34 bits per heavy atom. The fraction of sp³-hybridized carbons (Fsp3) is 0.794. The number of methoxy groups -OCH3 is 1. The lowest BCUT2D eigenvalue weighted by molar-refractivity contribution is -0.160. The average molecular weight is 524 g/mol. The molecule has 2 saturated carbocycles. The first-order valence-corrected chi connectivity index (χ1v) is 14.9. The number of nitriles is 1. The first-order chi connectivity index (χ1) is 17.5. The first-order valence-electron chi connectivity index (χ1n) is 14.9. The van der Waals surface area contributed by atoms with Crippen molar-refractivity contribution in [3.05, 3.63) is 23.8 Å². The van der Waals surface area contributed by atoms with Crippen LogP contribution in [-0.4, -0.2) is 18.9 Å². The number of carbonyl (C=O) groups excluding carboxylic acids is 2. The highest BCUT2D eigenvalue weighted by molar-refractivity contribution is 6.04. The molecule has 3 rings (SSSR count). The fourth-order valence-corrected chi connectivity index (χ4v) is 9.61. The molecule has 212 valence electrons. The molecule has 0 bridgehead atoms. The topological polar surface area (TPSA) is 67.2 Å². The highest BCUT2D eigenvalue weighted by atomic mass is 16.5. The predicted octanol–water partition coefficient (Wildman–Crippen LogP) is 8.47. The number of ketones is 1. The van der Waals surface area contributed by atoms with Crippen molar-refractivity contribution >= 4 is 11.8 Å². The third-order valence-corrected chi connectivity index (χ3v) is 12.4. The van der Waals surface area contributed by atoms with E-state index < -0.39 is 10.8 Å². The fourth-order valence-electron chi connectivity index (χ4n) is 9.61. The number of nitrogens with zero attached hydrogens (tertiary/aromatic N) is 1. The standard InChI is InChI=1S/C34H53NO3/c1-12-13-27-32(9)20-24(21-35)28(36)31(7,8)26(32)15-16-33(27,10)30(5,6)18-19-34(29(37)38-11)17-14-25(22(2)3)23(34)4/h20,23,25-27H,2,12-19H2,1,3-11H3/t23-,25-,26-,27+,32-,33+,34-/m0/s1.